The third-order valence-electron chi connectivity index (χ3n) is 3.49. The van der Waals surface area contributed by atoms with E-state index < -0.39 is 0 Å². The molecule has 0 bridgehead atoms. The Morgan fingerprint density at radius 3 is 2.50 bits per heavy atom. The molecule has 0 aliphatic carbocycles. The molecule has 0 spiro atoms. The fourth-order valence-corrected chi connectivity index (χ4v) is 2.73. The third kappa shape index (κ3) is 2.57. The van der Waals surface area contributed by atoms with E-state index in [0.717, 1.165) is 5.56 Å². The lowest BCUT2D eigenvalue weighted by Crippen LogP contribution is -2.24. The highest BCUT2D eigenvalue weighted by atomic mass is 79.9. The first-order chi connectivity index (χ1) is 10.5. The van der Waals surface area contributed by atoms with Crippen LogP contribution in [0.5, 0.6) is 0 Å². The van der Waals surface area contributed by atoms with Gasteiger partial charge in [-0.1, -0.05) is 27.6 Å². The average Bonchev–Trinajstić information content (AvgIpc) is 2.49. The molecule has 112 valence electrons. The molecular weight excluding hydrogens is 347 g/mol. The predicted octanol–water partition coefficient (Wildman–Crippen LogP) is 4.29. The van der Waals surface area contributed by atoms with Crippen molar-refractivity contribution in [3.8, 4) is 5.69 Å². The second-order valence-electron chi connectivity index (χ2n) is 5.22. The Bertz CT molecular complexity index is 901. The Morgan fingerprint density at radius 1 is 1.18 bits per heavy atom. The summed E-state index contributed by atoms with van der Waals surface area (Å²) in [5, 5.41) is 0.557. The Morgan fingerprint density at radius 2 is 1.86 bits per heavy atom. The number of hydrogen-bond acceptors (Lipinski definition) is 2. The van der Waals surface area contributed by atoms with E-state index in [1.165, 1.54) is 16.7 Å². The minimum atomic E-state index is -0.338. The zero-order valence-corrected chi connectivity index (χ0v) is 13.8. The van der Waals surface area contributed by atoms with Gasteiger partial charge in [-0.15, -0.1) is 0 Å². The molecule has 0 fully saturated rings. The molecule has 2 aromatic carbocycles. The van der Waals surface area contributed by atoms with Crippen LogP contribution in [0.15, 0.2) is 47.3 Å². The number of aryl methyl sites for hydroxylation is 1. The summed E-state index contributed by atoms with van der Waals surface area (Å²) in [6, 6.07) is 11.4. The second kappa shape index (κ2) is 5.65. The van der Waals surface area contributed by atoms with Gasteiger partial charge in [-0.05, 0) is 50.2 Å². The van der Waals surface area contributed by atoms with E-state index in [2.05, 4.69) is 20.9 Å². The van der Waals surface area contributed by atoms with E-state index in [4.69, 9.17) is 0 Å². The zero-order chi connectivity index (χ0) is 15.9. The van der Waals surface area contributed by atoms with Crippen LogP contribution in [0, 0.1) is 12.7 Å². The molecule has 0 amide bonds. The van der Waals surface area contributed by atoms with Gasteiger partial charge in [-0.2, -0.15) is 0 Å². The molecule has 1 aromatic heterocycles. The van der Waals surface area contributed by atoms with Crippen LogP contribution in [0.3, 0.4) is 0 Å². The Kier molecular flexibility index (Phi) is 3.83. The first kappa shape index (κ1) is 14.9. The normalized spacial score (nSPS) is 12.5. The standard InChI is InChI=1S/C17H14BrFN2O/c1-10-3-8-15-14(9-10)17(22)21(16(20-15)11(2)18)13-6-4-12(19)5-7-13/h3-9,11H,1-2H3. The van der Waals surface area contributed by atoms with Crippen molar-refractivity contribution in [3.63, 3.8) is 0 Å². The molecule has 0 saturated carbocycles. The maximum atomic E-state index is 13.2. The molecule has 0 saturated heterocycles. The lowest BCUT2D eigenvalue weighted by atomic mass is 10.1. The van der Waals surface area contributed by atoms with Crippen LogP contribution >= 0.6 is 15.9 Å². The lowest BCUT2D eigenvalue weighted by Gasteiger charge is -2.15. The number of hydrogen-bond donors (Lipinski definition) is 0. The van der Waals surface area contributed by atoms with E-state index in [0.29, 0.717) is 22.4 Å². The molecule has 5 heteroatoms. The SMILES string of the molecule is Cc1ccc2nc(C(C)Br)n(-c3ccc(F)cc3)c(=O)c2c1. The van der Waals surface area contributed by atoms with Gasteiger partial charge in [0.2, 0.25) is 0 Å². The van der Waals surface area contributed by atoms with Crippen LogP contribution in [-0.4, -0.2) is 9.55 Å². The summed E-state index contributed by atoms with van der Waals surface area (Å²) < 4.78 is 14.7. The predicted molar refractivity (Wildman–Crippen MR) is 89.4 cm³/mol. The van der Waals surface area contributed by atoms with Crippen molar-refractivity contribution in [2.45, 2.75) is 18.7 Å². The monoisotopic (exact) mass is 360 g/mol. The molecule has 1 atom stereocenters. The summed E-state index contributed by atoms with van der Waals surface area (Å²) in [5.74, 6) is 0.253. The van der Waals surface area contributed by atoms with Crippen LogP contribution in [0.2, 0.25) is 0 Å². The van der Waals surface area contributed by atoms with Gasteiger partial charge >= 0.3 is 0 Å². The van der Waals surface area contributed by atoms with Crippen molar-refractivity contribution in [2.24, 2.45) is 0 Å². The van der Waals surface area contributed by atoms with Crippen molar-refractivity contribution in [1.29, 1.82) is 0 Å². The fourth-order valence-electron chi connectivity index (χ4n) is 2.42. The van der Waals surface area contributed by atoms with Crippen molar-refractivity contribution >= 4 is 26.8 Å². The molecular formula is C17H14BrFN2O. The highest BCUT2D eigenvalue weighted by molar-refractivity contribution is 9.09. The highest BCUT2D eigenvalue weighted by Gasteiger charge is 2.16. The van der Waals surface area contributed by atoms with Crippen molar-refractivity contribution in [2.75, 3.05) is 0 Å². The number of rotatable bonds is 2. The maximum Gasteiger partial charge on any atom is 0.266 e. The van der Waals surface area contributed by atoms with Crippen LogP contribution in [0.1, 0.15) is 23.1 Å². The summed E-state index contributed by atoms with van der Waals surface area (Å²) in [7, 11) is 0. The van der Waals surface area contributed by atoms with Gasteiger partial charge in [0, 0.05) is 0 Å². The Labute approximate surface area is 135 Å². The first-order valence-corrected chi connectivity index (χ1v) is 7.82. The minimum Gasteiger partial charge on any atom is -0.268 e. The molecule has 3 aromatic rings. The minimum absolute atomic E-state index is 0.115. The van der Waals surface area contributed by atoms with Gasteiger partial charge in [-0.3, -0.25) is 9.36 Å². The van der Waals surface area contributed by atoms with Gasteiger partial charge < -0.3 is 0 Å². The number of nitrogens with zero attached hydrogens (tertiary/aromatic N) is 2. The number of halogens is 2. The van der Waals surface area contributed by atoms with Crippen LogP contribution in [0.25, 0.3) is 16.6 Å². The van der Waals surface area contributed by atoms with Gasteiger partial charge in [0.1, 0.15) is 11.6 Å². The molecule has 0 aliphatic rings. The fraction of sp³-hybridized carbons (Fsp3) is 0.176. The average molecular weight is 361 g/mol. The molecule has 1 heterocycles. The first-order valence-electron chi connectivity index (χ1n) is 6.90. The quantitative estimate of drug-likeness (QED) is 0.639. The maximum absolute atomic E-state index is 13.2. The Balaban J connectivity index is 2.40. The number of aromatic nitrogens is 2. The van der Waals surface area contributed by atoms with E-state index in [1.54, 1.807) is 12.1 Å². The number of benzene rings is 2. The van der Waals surface area contributed by atoms with Gasteiger partial charge in [0.05, 0.1) is 21.4 Å². The van der Waals surface area contributed by atoms with Crippen LogP contribution in [-0.2, 0) is 0 Å². The van der Waals surface area contributed by atoms with Crippen molar-refractivity contribution < 1.29 is 4.39 Å². The number of fused-ring (bicyclic) bond motifs is 1. The molecule has 0 radical (unpaired) electrons. The van der Waals surface area contributed by atoms with Gasteiger partial charge in [0.25, 0.3) is 5.56 Å². The lowest BCUT2D eigenvalue weighted by molar-refractivity contribution is 0.627. The summed E-state index contributed by atoms with van der Waals surface area (Å²) >= 11 is 3.48. The summed E-state index contributed by atoms with van der Waals surface area (Å²) in [4.78, 5) is 17.4. The van der Waals surface area contributed by atoms with Gasteiger partial charge in [0.15, 0.2) is 0 Å². The molecule has 0 N–H and O–H groups in total. The summed E-state index contributed by atoms with van der Waals surface area (Å²) in [5.41, 5.74) is 2.11. The molecule has 1 unspecified atom stereocenters. The summed E-state index contributed by atoms with van der Waals surface area (Å²) in [6.45, 7) is 3.84. The smallest absolute Gasteiger partial charge is 0.266 e. The van der Waals surface area contributed by atoms with E-state index in [-0.39, 0.29) is 16.2 Å². The topological polar surface area (TPSA) is 34.9 Å². The third-order valence-corrected chi connectivity index (χ3v) is 3.90. The largest absolute Gasteiger partial charge is 0.268 e. The van der Waals surface area contributed by atoms with E-state index >= 15 is 0 Å². The number of alkyl halides is 1. The Hall–Kier alpha value is -2.01. The molecule has 3 nitrogen and oxygen atoms in total. The van der Waals surface area contributed by atoms with E-state index in [1.807, 2.05) is 32.0 Å². The van der Waals surface area contributed by atoms with Crippen LogP contribution in [0.4, 0.5) is 4.39 Å². The zero-order valence-electron chi connectivity index (χ0n) is 12.2. The van der Waals surface area contributed by atoms with Crippen LogP contribution < -0.4 is 5.56 Å². The van der Waals surface area contributed by atoms with E-state index in [9.17, 15) is 9.18 Å². The molecule has 22 heavy (non-hydrogen) atoms. The highest BCUT2D eigenvalue weighted by Crippen LogP contribution is 2.23. The van der Waals surface area contributed by atoms with Crippen molar-refractivity contribution in [3.05, 3.63) is 70.0 Å². The van der Waals surface area contributed by atoms with Gasteiger partial charge in [-0.25, -0.2) is 9.37 Å². The molecule has 0 aliphatic heterocycles. The summed E-state index contributed by atoms with van der Waals surface area (Å²) in [6.07, 6.45) is 0. The van der Waals surface area contributed by atoms with Crippen molar-refractivity contribution in [1.82, 2.24) is 9.55 Å². The second-order valence-corrected chi connectivity index (χ2v) is 6.60. The molecule has 3 rings (SSSR count).